The molecule has 0 spiro atoms. The molecule has 3 nitrogen and oxygen atoms in total. The van der Waals surface area contributed by atoms with Gasteiger partial charge >= 0.3 is 5.97 Å². The third kappa shape index (κ3) is 3.36. The minimum atomic E-state index is -0.309. The highest BCUT2D eigenvalue weighted by Gasteiger charge is 2.17. The summed E-state index contributed by atoms with van der Waals surface area (Å²) in [6.07, 6.45) is 0. The maximum absolute atomic E-state index is 11.6. The Labute approximate surface area is 119 Å². The van der Waals surface area contributed by atoms with E-state index in [1.165, 1.54) is 16.3 Å². The Kier molecular flexibility index (Phi) is 4.74. The van der Waals surface area contributed by atoms with Crippen LogP contribution in [0, 0.1) is 0 Å². The Morgan fingerprint density at radius 1 is 1.15 bits per heavy atom. The van der Waals surface area contributed by atoms with Crippen LogP contribution in [0.25, 0.3) is 10.8 Å². The smallest absolute Gasteiger partial charge is 0.322 e. The molecular formula is C17H21NO2. The van der Waals surface area contributed by atoms with Crippen molar-refractivity contribution in [3.05, 3.63) is 48.0 Å². The molecule has 2 aromatic rings. The van der Waals surface area contributed by atoms with Crippen molar-refractivity contribution in [2.75, 3.05) is 6.61 Å². The van der Waals surface area contributed by atoms with E-state index in [1.807, 2.05) is 26.0 Å². The number of carbonyl (C=O) groups is 1. The van der Waals surface area contributed by atoms with Crippen LogP contribution in [-0.4, -0.2) is 18.6 Å². The molecule has 0 radical (unpaired) electrons. The molecule has 1 N–H and O–H groups in total. The molecule has 0 aliphatic carbocycles. The van der Waals surface area contributed by atoms with Gasteiger partial charge in [0.2, 0.25) is 0 Å². The molecule has 0 bridgehead atoms. The van der Waals surface area contributed by atoms with Crippen LogP contribution >= 0.6 is 0 Å². The first-order valence-corrected chi connectivity index (χ1v) is 7.03. The summed E-state index contributed by atoms with van der Waals surface area (Å²) in [6.45, 7) is 6.11. The molecule has 106 valence electrons. The van der Waals surface area contributed by atoms with Crippen molar-refractivity contribution in [3.63, 3.8) is 0 Å². The van der Waals surface area contributed by atoms with Gasteiger partial charge in [0.1, 0.15) is 6.04 Å². The van der Waals surface area contributed by atoms with Crippen LogP contribution in [0.1, 0.15) is 32.4 Å². The summed E-state index contributed by atoms with van der Waals surface area (Å²) in [5.74, 6) is -0.208. The SMILES string of the molecule is CCOC(=O)C(C)NC(C)c1ccc2ccccc2c1. The normalized spacial score (nSPS) is 13.9. The van der Waals surface area contributed by atoms with Crippen LogP contribution in [0.3, 0.4) is 0 Å². The molecule has 0 aromatic heterocycles. The van der Waals surface area contributed by atoms with Crippen LogP contribution in [-0.2, 0) is 9.53 Å². The van der Waals surface area contributed by atoms with Gasteiger partial charge in [-0.15, -0.1) is 0 Å². The zero-order valence-corrected chi connectivity index (χ0v) is 12.2. The summed E-state index contributed by atoms with van der Waals surface area (Å²) in [4.78, 5) is 11.6. The van der Waals surface area contributed by atoms with Gasteiger partial charge in [0.05, 0.1) is 6.61 Å². The van der Waals surface area contributed by atoms with Crippen LogP contribution < -0.4 is 5.32 Å². The third-order valence-electron chi connectivity index (χ3n) is 3.41. The number of fused-ring (bicyclic) bond motifs is 1. The Bertz CT molecular complexity index is 594. The number of hydrogen-bond acceptors (Lipinski definition) is 3. The standard InChI is InChI=1S/C17H21NO2/c1-4-20-17(19)13(3)18-12(2)15-10-9-14-7-5-6-8-16(14)11-15/h5-13,18H,4H2,1-3H3. The van der Waals surface area contributed by atoms with Crippen LogP contribution in [0.5, 0.6) is 0 Å². The van der Waals surface area contributed by atoms with Crippen LogP contribution in [0.15, 0.2) is 42.5 Å². The van der Waals surface area contributed by atoms with Gasteiger partial charge in [0.15, 0.2) is 0 Å². The molecule has 0 aliphatic heterocycles. The highest BCUT2D eigenvalue weighted by molar-refractivity contribution is 5.83. The third-order valence-corrected chi connectivity index (χ3v) is 3.41. The fourth-order valence-electron chi connectivity index (χ4n) is 2.28. The summed E-state index contributed by atoms with van der Waals surface area (Å²) in [5.41, 5.74) is 1.17. The number of carbonyl (C=O) groups excluding carboxylic acids is 1. The average Bonchev–Trinajstić information content (AvgIpc) is 2.46. The van der Waals surface area contributed by atoms with Crippen LogP contribution in [0.4, 0.5) is 0 Å². The lowest BCUT2D eigenvalue weighted by Gasteiger charge is -2.19. The van der Waals surface area contributed by atoms with E-state index in [9.17, 15) is 4.79 Å². The van der Waals surface area contributed by atoms with Gasteiger partial charge in [-0.25, -0.2) is 0 Å². The van der Waals surface area contributed by atoms with Crippen LogP contribution in [0.2, 0.25) is 0 Å². The first-order chi connectivity index (χ1) is 9.61. The van der Waals surface area contributed by atoms with Gasteiger partial charge in [0.25, 0.3) is 0 Å². The van der Waals surface area contributed by atoms with Crippen molar-refractivity contribution in [2.24, 2.45) is 0 Å². The molecule has 0 heterocycles. The molecule has 0 aliphatic rings. The highest BCUT2D eigenvalue weighted by Crippen LogP contribution is 2.20. The van der Waals surface area contributed by atoms with E-state index in [0.29, 0.717) is 6.61 Å². The maximum Gasteiger partial charge on any atom is 0.322 e. The highest BCUT2D eigenvalue weighted by atomic mass is 16.5. The molecule has 2 atom stereocenters. The topological polar surface area (TPSA) is 38.3 Å². The molecule has 2 rings (SSSR count). The minimum absolute atomic E-state index is 0.0963. The monoisotopic (exact) mass is 271 g/mol. The molecule has 2 aromatic carbocycles. The minimum Gasteiger partial charge on any atom is -0.465 e. The van der Waals surface area contributed by atoms with Crippen molar-refractivity contribution in [2.45, 2.75) is 32.9 Å². The number of hydrogen-bond donors (Lipinski definition) is 1. The summed E-state index contributed by atoms with van der Waals surface area (Å²) in [5, 5.41) is 5.71. The predicted octanol–water partition coefficient (Wildman–Crippen LogP) is 3.44. The lowest BCUT2D eigenvalue weighted by atomic mass is 10.0. The van der Waals surface area contributed by atoms with Crippen molar-refractivity contribution in [1.82, 2.24) is 5.32 Å². The van der Waals surface area contributed by atoms with Gasteiger partial charge in [-0.1, -0.05) is 36.4 Å². The van der Waals surface area contributed by atoms with Crippen molar-refractivity contribution >= 4 is 16.7 Å². The molecule has 0 saturated carbocycles. The lowest BCUT2D eigenvalue weighted by Crippen LogP contribution is -2.37. The first-order valence-electron chi connectivity index (χ1n) is 7.03. The molecule has 0 fully saturated rings. The second kappa shape index (κ2) is 6.53. The molecule has 3 heteroatoms. The Morgan fingerprint density at radius 2 is 1.85 bits per heavy atom. The zero-order valence-electron chi connectivity index (χ0n) is 12.2. The van der Waals surface area contributed by atoms with Gasteiger partial charge < -0.3 is 4.74 Å². The summed E-state index contributed by atoms with van der Waals surface area (Å²) in [6, 6.07) is 14.4. The van der Waals surface area contributed by atoms with Gasteiger partial charge in [0, 0.05) is 6.04 Å². The van der Waals surface area contributed by atoms with E-state index in [0.717, 1.165) is 0 Å². The van der Waals surface area contributed by atoms with Crippen molar-refractivity contribution in [3.8, 4) is 0 Å². The molecule has 20 heavy (non-hydrogen) atoms. The van der Waals surface area contributed by atoms with Gasteiger partial charge in [-0.3, -0.25) is 10.1 Å². The quantitative estimate of drug-likeness (QED) is 0.847. The average molecular weight is 271 g/mol. The van der Waals surface area contributed by atoms with Gasteiger partial charge in [-0.05, 0) is 43.2 Å². The van der Waals surface area contributed by atoms with Crippen molar-refractivity contribution in [1.29, 1.82) is 0 Å². The summed E-state index contributed by atoms with van der Waals surface area (Å²) < 4.78 is 5.01. The molecule has 2 unspecified atom stereocenters. The van der Waals surface area contributed by atoms with E-state index >= 15 is 0 Å². The molecule has 0 amide bonds. The second-order valence-corrected chi connectivity index (χ2v) is 4.97. The van der Waals surface area contributed by atoms with E-state index in [2.05, 4.69) is 42.6 Å². The van der Waals surface area contributed by atoms with Crippen molar-refractivity contribution < 1.29 is 9.53 Å². The largest absolute Gasteiger partial charge is 0.465 e. The van der Waals surface area contributed by atoms with E-state index in [-0.39, 0.29) is 18.1 Å². The number of rotatable bonds is 5. The predicted molar refractivity (Wildman–Crippen MR) is 81.6 cm³/mol. The Hall–Kier alpha value is -1.87. The van der Waals surface area contributed by atoms with Gasteiger partial charge in [-0.2, -0.15) is 0 Å². The Balaban J connectivity index is 2.10. The molecule has 0 saturated heterocycles. The fourth-order valence-corrected chi connectivity index (χ4v) is 2.28. The first kappa shape index (κ1) is 14.5. The lowest BCUT2D eigenvalue weighted by molar-refractivity contribution is -0.145. The van der Waals surface area contributed by atoms with E-state index in [4.69, 9.17) is 4.74 Å². The number of nitrogens with one attached hydrogen (secondary N) is 1. The summed E-state index contributed by atoms with van der Waals surface area (Å²) in [7, 11) is 0. The zero-order chi connectivity index (χ0) is 14.5. The molecular weight excluding hydrogens is 250 g/mol. The maximum atomic E-state index is 11.6. The number of esters is 1. The Morgan fingerprint density at radius 3 is 2.55 bits per heavy atom. The summed E-state index contributed by atoms with van der Waals surface area (Å²) >= 11 is 0. The van der Waals surface area contributed by atoms with E-state index < -0.39 is 0 Å². The van der Waals surface area contributed by atoms with E-state index in [1.54, 1.807) is 0 Å². The second-order valence-electron chi connectivity index (χ2n) is 4.97. The number of benzene rings is 2. The number of ether oxygens (including phenoxy) is 1. The fraction of sp³-hybridized carbons (Fsp3) is 0.353.